The standard InChI is InChI=1S/C14H20N2O3.ClH/c1-9(2)19-14(18)10(3)8-16-13(17)11-6-4-5-7-12(11)15;/h4-7,9-10H,8,15H2,1-3H3,(H,16,17);1H. The van der Waals surface area contributed by atoms with Crippen LogP contribution in [-0.4, -0.2) is 24.5 Å². The van der Waals surface area contributed by atoms with Crippen LogP contribution in [0.3, 0.4) is 0 Å². The molecule has 5 nitrogen and oxygen atoms in total. The van der Waals surface area contributed by atoms with Crippen LogP contribution in [0.15, 0.2) is 24.3 Å². The molecular formula is C14H21ClN2O3. The minimum Gasteiger partial charge on any atom is -0.463 e. The average Bonchev–Trinajstić information content (AvgIpc) is 2.35. The van der Waals surface area contributed by atoms with E-state index in [1.54, 1.807) is 45.0 Å². The van der Waals surface area contributed by atoms with Crippen molar-refractivity contribution >= 4 is 30.0 Å². The average molecular weight is 301 g/mol. The molecule has 1 aromatic rings. The topological polar surface area (TPSA) is 81.4 Å². The highest BCUT2D eigenvalue weighted by Crippen LogP contribution is 2.10. The van der Waals surface area contributed by atoms with Crippen LogP contribution in [0.2, 0.25) is 0 Å². The zero-order valence-corrected chi connectivity index (χ0v) is 12.7. The molecule has 0 aromatic heterocycles. The molecule has 0 saturated carbocycles. The molecular weight excluding hydrogens is 280 g/mol. The van der Waals surface area contributed by atoms with Crippen LogP contribution in [0.25, 0.3) is 0 Å². The smallest absolute Gasteiger partial charge is 0.310 e. The van der Waals surface area contributed by atoms with E-state index in [0.29, 0.717) is 11.3 Å². The molecule has 3 N–H and O–H groups in total. The number of nitrogen functional groups attached to an aromatic ring is 1. The number of hydrogen-bond donors (Lipinski definition) is 2. The molecule has 0 spiro atoms. The monoisotopic (exact) mass is 300 g/mol. The second-order valence-electron chi connectivity index (χ2n) is 4.68. The van der Waals surface area contributed by atoms with E-state index in [4.69, 9.17) is 10.5 Å². The van der Waals surface area contributed by atoms with Gasteiger partial charge < -0.3 is 15.8 Å². The molecule has 0 radical (unpaired) electrons. The van der Waals surface area contributed by atoms with Gasteiger partial charge in [-0.2, -0.15) is 0 Å². The number of hydrogen-bond acceptors (Lipinski definition) is 4. The first-order chi connectivity index (χ1) is 8.91. The molecule has 1 amide bonds. The number of benzene rings is 1. The van der Waals surface area contributed by atoms with Gasteiger partial charge in [-0.05, 0) is 26.0 Å². The predicted octanol–water partition coefficient (Wildman–Crippen LogP) is 2.01. The number of halogens is 1. The summed E-state index contributed by atoms with van der Waals surface area (Å²) >= 11 is 0. The molecule has 1 unspecified atom stereocenters. The lowest BCUT2D eigenvalue weighted by Gasteiger charge is -2.14. The zero-order chi connectivity index (χ0) is 14.4. The third-order valence-electron chi connectivity index (χ3n) is 2.53. The largest absolute Gasteiger partial charge is 0.463 e. The van der Waals surface area contributed by atoms with Crippen LogP contribution in [0.1, 0.15) is 31.1 Å². The van der Waals surface area contributed by atoms with Gasteiger partial charge in [0.15, 0.2) is 0 Å². The molecule has 0 aliphatic heterocycles. The van der Waals surface area contributed by atoms with Crippen molar-refractivity contribution in [2.24, 2.45) is 5.92 Å². The Bertz CT molecular complexity index is 463. The summed E-state index contributed by atoms with van der Waals surface area (Å²) < 4.78 is 5.06. The summed E-state index contributed by atoms with van der Waals surface area (Å²) in [6, 6.07) is 6.80. The molecule has 0 saturated heterocycles. The maximum Gasteiger partial charge on any atom is 0.310 e. The molecule has 0 heterocycles. The summed E-state index contributed by atoms with van der Waals surface area (Å²) in [5, 5.41) is 2.67. The third kappa shape index (κ3) is 5.48. The van der Waals surface area contributed by atoms with Crippen molar-refractivity contribution in [3.05, 3.63) is 29.8 Å². The van der Waals surface area contributed by atoms with Crippen LogP contribution in [0, 0.1) is 5.92 Å². The van der Waals surface area contributed by atoms with Gasteiger partial charge in [0.2, 0.25) is 0 Å². The highest BCUT2D eigenvalue weighted by Gasteiger charge is 2.17. The minimum absolute atomic E-state index is 0. The van der Waals surface area contributed by atoms with E-state index in [2.05, 4.69) is 5.32 Å². The fourth-order valence-corrected chi connectivity index (χ4v) is 1.48. The van der Waals surface area contributed by atoms with Gasteiger partial charge in [-0.25, -0.2) is 0 Å². The maximum absolute atomic E-state index is 11.9. The van der Waals surface area contributed by atoms with E-state index in [1.807, 2.05) is 0 Å². The van der Waals surface area contributed by atoms with Gasteiger partial charge in [-0.15, -0.1) is 12.4 Å². The van der Waals surface area contributed by atoms with Gasteiger partial charge in [0.1, 0.15) is 0 Å². The molecule has 0 bridgehead atoms. The molecule has 0 aliphatic carbocycles. The van der Waals surface area contributed by atoms with Crippen molar-refractivity contribution in [1.29, 1.82) is 0 Å². The van der Waals surface area contributed by atoms with E-state index in [-0.39, 0.29) is 36.9 Å². The van der Waals surface area contributed by atoms with Crippen molar-refractivity contribution in [1.82, 2.24) is 5.32 Å². The predicted molar refractivity (Wildman–Crippen MR) is 80.8 cm³/mol. The number of para-hydroxylation sites is 1. The summed E-state index contributed by atoms with van der Waals surface area (Å²) in [5.74, 6) is -1.00. The first-order valence-corrected chi connectivity index (χ1v) is 6.25. The quantitative estimate of drug-likeness (QED) is 0.644. The Kier molecular flexibility index (Phi) is 7.69. The summed E-state index contributed by atoms with van der Waals surface area (Å²) in [4.78, 5) is 23.4. The van der Waals surface area contributed by atoms with E-state index in [9.17, 15) is 9.59 Å². The summed E-state index contributed by atoms with van der Waals surface area (Å²) in [6.45, 7) is 5.50. The highest BCUT2D eigenvalue weighted by molar-refractivity contribution is 5.99. The molecule has 20 heavy (non-hydrogen) atoms. The van der Waals surface area contributed by atoms with Crippen molar-refractivity contribution in [3.8, 4) is 0 Å². The Morgan fingerprint density at radius 1 is 1.25 bits per heavy atom. The van der Waals surface area contributed by atoms with Crippen molar-refractivity contribution < 1.29 is 14.3 Å². The Morgan fingerprint density at radius 2 is 1.85 bits per heavy atom. The fraction of sp³-hybridized carbons (Fsp3) is 0.429. The molecule has 1 atom stereocenters. The van der Waals surface area contributed by atoms with E-state index in [0.717, 1.165) is 0 Å². The van der Waals surface area contributed by atoms with E-state index < -0.39 is 5.92 Å². The lowest BCUT2D eigenvalue weighted by molar-refractivity contribution is -0.151. The van der Waals surface area contributed by atoms with Crippen LogP contribution < -0.4 is 11.1 Å². The summed E-state index contributed by atoms with van der Waals surface area (Å²) in [6.07, 6.45) is -0.157. The maximum atomic E-state index is 11.9. The second kappa shape index (κ2) is 8.43. The van der Waals surface area contributed by atoms with Crippen LogP contribution in [0.4, 0.5) is 5.69 Å². The Balaban J connectivity index is 0.00000361. The van der Waals surface area contributed by atoms with Gasteiger partial charge in [-0.3, -0.25) is 9.59 Å². The number of esters is 1. The first-order valence-electron chi connectivity index (χ1n) is 6.25. The van der Waals surface area contributed by atoms with Crippen LogP contribution in [-0.2, 0) is 9.53 Å². The van der Waals surface area contributed by atoms with E-state index >= 15 is 0 Å². The van der Waals surface area contributed by atoms with Crippen LogP contribution >= 0.6 is 12.4 Å². The number of nitrogens with one attached hydrogen (secondary N) is 1. The van der Waals surface area contributed by atoms with Gasteiger partial charge in [-0.1, -0.05) is 19.1 Å². The van der Waals surface area contributed by atoms with Crippen molar-refractivity contribution in [2.75, 3.05) is 12.3 Å². The Hall–Kier alpha value is -1.75. The number of ether oxygens (including phenoxy) is 1. The lowest BCUT2D eigenvalue weighted by atomic mass is 10.1. The molecule has 0 aliphatic rings. The number of carbonyl (C=O) groups excluding carboxylic acids is 2. The van der Waals surface area contributed by atoms with Gasteiger partial charge in [0.25, 0.3) is 5.91 Å². The molecule has 6 heteroatoms. The minimum atomic E-state index is -0.392. The second-order valence-corrected chi connectivity index (χ2v) is 4.68. The lowest BCUT2D eigenvalue weighted by Crippen LogP contribution is -2.33. The number of amides is 1. The van der Waals surface area contributed by atoms with Crippen LogP contribution in [0.5, 0.6) is 0 Å². The van der Waals surface area contributed by atoms with Gasteiger partial charge in [0, 0.05) is 12.2 Å². The first kappa shape index (κ1) is 18.2. The molecule has 112 valence electrons. The molecule has 0 fully saturated rings. The normalized spacial score (nSPS) is 11.4. The number of rotatable bonds is 5. The number of anilines is 1. The van der Waals surface area contributed by atoms with Gasteiger partial charge in [0.05, 0.1) is 17.6 Å². The molecule has 1 aromatic carbocycles. The third-order valence-corrected chi connectivity index (χ3v) is 2.53. The van der Waals surface area contributed by atoms with Crippen molar-refractivity contribution in [2.45, 2.75) is 26.9 Å². The SMILES string of the molecule is CC(C)OC(=O)C(C)CNC(=O)c1ccccc1N.Cl. The number of carbonyl (C=O) groups is 2. The van der Waals surface area contributed by atoms with Crippen molar-refractivity contribution in [3.63, 3.8) is 0 Å². The van der Waals surface area contributed by atoms with E-state index in [1.165, 1.54) is 0 Å². The molecule has 1 rings (SSSR count). The van der Waals surface area contributed by atoms with Gasteiger partial charge >= 0.3 is 5.97 Å². The number of nitrogens with two attached hydrogens (primary N) is 1. The zero-order valence-electron chi connectivity index (χ0n) is 11.9. The summed E-state index contributed by atoms with van der Waals surface area (Å²) in [5.41, 5.74) is 6.52. The Labute approximate surface area is 125 Å². The fourth-order valence-electron chi connectivity index (χ4n) is 1.48. The Morgan fingerprint density at radius 3 is 2.40 bits per heavy atom. The highest BCUT2D eigenvalue weighted by atomic mass is 35.5. The summed E-state index contributed by atoms with van der Waals surface area (Å²) in [7, 11) is 0.